The normalized spacial score (nSPS) is 15.3. The van der Waals surface area contributed by atoms with Crippen molar-refractivity contribution >= 4 is 11.8 Å². The number of carbonyl (C=O) groups is 2. The van der Waals surface area contributed by atoms with Gasteiger partial charge in [-0.05, 0) is 43.2 Å². The molecule has 0 radical (unpaired) electrons. The van der Waals surface area contributed by atoms with E-state index in [1.54, 1.807) is 6.20 Å². The Kier molecular flexibility index (Phi) is 6.49. The third-order valence-electron chi connectivity index (χ3n) is 4.56. The summed E-state index contributed by atoms with van der Waals surface area (Å²) in [6, 6.07) is 11.4. The zero-order valence-electron chi connectivity index (χ0n) is 15.0. The SMILES string of the molecule is O=C(CNC(=O)c1cccc(F)c1)NC1CCN(Cc2ccccn2)CC1. The van der Waals surface area contributed by atoms with Crippen molar-refractivity contribution < 1.29 is 14.0 Å². The van der Waals surface area contributed by atoms with E-state index in [1.165, 1.54) is 18.2 Å². The first kappa shape index (κ1) is 19.0. The van der Waals surface area contributed by atoms with Crippen LogP contribution in [0.25, 0.3) is 0 Å². The van der Waals surface area contributed by atoms with Crippen LogP contribution in [0.3, 0.4) is 0 Å². The molecule has 1 aromatic carbocycles. The van der Waals surface area contributed by atoms with Crippen molar-refractivity contribution in [2.75, 3.05) is 19.6 Å². The Morgan fingerprint density at radius 2 is 1.96 bits per heavy atom. The zero-order chi connectivity index (χ0) is 19.1. The lowest BCUT2D eigenvalue weighted by Gasteiger charge is -2.32. The number of nitrogens with zero attached hydrogens (tertiary/aromatic N) is 2. The fourth-order valence-corrected chi connectivity index (χ4v) is 3.13. The van der Waals surface area contributed by atoms with E-state index in [-0.39, 0.29) is 24.1 Å². The van der Waals surface area contributed by atoms with Crippen molar-refractivity contribution in [3.63, 3.8) is 0 Å². The molecule has 1 saturated heterocycles. The van der Waals surface area contributed by atoms with Crippen molar-refractivity contribution in [1.29, 1.82) is 0 Å². The van der Waals surface area contributed by atoms with Crippen LogP contribution in [0.1, 0.15) is 28.9 Å². The number of nitrogens with one attached hydrogen (secondary N) is 2. The van der Waals surface area contributed by atoms with Crippen LogP contribution in [0.4, 0.5) is 4.39 Å². The molecule has 3 rings (SSSR count). The maximum atomic E-state index is 13.1. The summed E-state index contributed by atoms with van der Waals surface area (Å²) < 4.78 is 13.1. The van der Waals surface area contributed by atoms with Crippen LogP contribution in [-0.4, -0.2) is 47.4 Å². The lowest BCUT2D eigenvalue weighted by Crippen LogP contribution is -2.47. The number of carbonyl (C=O) groups excluding carboxylic acids is 2. The quantitative estimate of drug-likeness (QED) is 0.812. The first-order chi connectivity index (χ1) is 13.1. The number of halogens is 1. The highest BCUT2D eigenvalue weighted by Crippen LogP contribution is 2.12. The van der Waals surface area contributed by atoms with E-state index in [1.807, 2.05) is 18.2 Å². The Morgan fingerprint density at radius 3 is 2.67 bits per heavy atom. The van der Waals surface area contributed by atoms with Crippen molar-refractivity contribution in [3.05, 3.63) is 65.7 Å². The second-order valence-corrected chi connectivity index (χ2v) is 6.63. The Morgan fingerprint density at radius 1 is 1.15 bits per heavy atom. The average molecular weight is 370 g/mol. The molecule has 0 bridgehead atoms. The summed E-state index contributed by atoms with van der Waals surface area (Å²) >= 11 is 0. The molecule has 1 aromatic heterocycles. The zero-order valence-corrected chi connectivity index (χ0v) is 15.0. The highest BCUT2D eigenvalue weighted by atomic mass is 19.1. The second kappa shape index (κ2) is 9.23. The van der Waals surface area contributed by atoms with Gasteiger partial charge in [-0.2, -0.15) is 0 Å². The third-order valence-corrected chi connectivity index (χ3v) is 4.56. The number of aromatic nitrogens is 1. The van der Waals surface area contributed by atoms with E-state index in [0.29, 0.717) is 0 Å². The molecule has 7 heteroatoms. The molecule has 142 valence electrons. The van der Waals surface area contributed by atoms with Crippen molar-refractivity contribution in [3.8, 4) is 0 Å². The number of hydrogen-bond acceptors (Lipinski definition) is 4. The van der Waals surface area contributed by atoms with Crippen LogP contribution in [0.15, 0.2) is 48.7 Å². The smallest absolute Gasteiger partial charge is 0.251 e. The summed E-state index contributed by atoms with van der Waals surface area (Å²) in [7, 11) is 0. The van der Waals surface area contributed by atoms with Crippen LogP contribution in [0.5, 0.6) is 0 Å². The Bertz CT molecular complexity index is 777. The van der Waals surface area contributed by atoms with Gasteiger partial charge in [-0.3, -0.25) is 19.5 Å². The molecule has 1 aliphatic rings. The molecule has 2 heterocycles. The summed E-state index contributed by atoms with van der Waals surface area (Å²) in [5.41, 5.74) is 1.24. The molecule has 1 aliphatic heterocycles. The topological polar surface area (TPSA) is 74.3 Å². The molecule has 6 nitrogen and oxygen atoms in total. The Hall–Kier alpha value is -2.80. The lowest BCUT2D eigenvalue weighted by atomic mass is 10.0. The highest BCUT2D eigenvalue weighted by Gasteiger charge is 2.21. The number of benzene rings is 1. The molecule has 27 heavy (non-hydrogen) atoms. The summed E-state index contributed by atoms with van der Waals surface area (Å²) in [6.07, 6.45) is 3.51. The fourth-order valence-electron chi connectivity index (χ4n) is 3.13. The Balaban J connectivity index is 1.37. The number of piperidine rings is 1. The minimum atomic E-state index is -0.482. The van der Waals surface area contributed by atoms with Crippen LogP contribution in [0, 0.1) is 5.82 Å². The summed E-state index contributed by atoms with van der Waals surface area (Å²) in [4.78, 5) is 30.7. The van der Waals surface area contributed by atoms with Gasteiger partial charge >= 0.3 is 0 Å². The van der Waals surface area contributed by atoms with Crippen molar-refractivity contribution in [1.82, 2.24) is 20.5 Å². The molecule has 2 N–H and O–H groups in total. The van der Waals surface area contributed by atoms with Gasteiger partial charge in [0, 0.05) is 37.4 Å². The van der Waals surface area contributed by atoms with E-state index in [4.69, 9.17) is 0 Å². The van der Waals surface area contributed by atoms with Gasteiger partial charge in [0.2, 0.25) is 5.91 Å². The van der Waals surface area contributed by atoms with Crippen LogP contribution in [-0.2, 0) is 11.3 Å². The largest absolute Gasteiger partial charge is 0.352 e. The van der Waals surface area contributed by atoms with E-state index in [0.717, 1.165) is 44.2 Å². The second-order valence-electron chi connectivity index (χ2n) is 6.63. The number of amides is 2. The van der Waals surface area contributed by atoms with Crippen LogP contribution >= 0.6 is 0 Å². The number of likely N-dealkylation sites (tertiary alicyclic amines) is 1. The van der Waals surface area contributed by atoms with Gasteiger partial charge in [-0.25, -0.2) is 4.39 Å². The monoisotopic (exact) mass is 370 g/mol. The molecular formula is C20H23FN4O2. The van der Waals surface area contributed by atoms with Gasteiger partial charge in [0.15, 0.2) is 0 Å². The van der Waals surface area contributed by atoms with Crippen LogP contribution < -0.4 is 10.6 Å². The maximum absolute atomic E-state index is 13.1. The van der Waals surface area contributed by atoms with Gasteiger partial charge in [-0.15, -0.1) is 0 Å². The maximum Gasteiger partial charge on any atom is 0.251 e. The summed E-state index contributed by atoms with van der Waals surface area (Å²) in [6.45, 7) is 2.46. The first-order valence-corrected chi connectivity index (χ1v) is 9.05. The van der Waals surface area contributed by atoms with E-state index < -0.39 is 11.7 Å². The number of hydrogen-bond donors (Lipinski definition) is 2. The molecule has 0 atom stereocenters. The predicted molar refractivity (Wildman–Crippen MR) is 99.4 cm³/mol. The van der Waals surface area contributed by atoms with Crippen molar-refractivity contribution in [2.24, 2.45) is 0 Å². The summed E-state index contributed by atoms with van der Waals surface area (Å²) in [5.74, 6) is -1.18. The minimum absolute atomic E-state index is 0.101. The first-order valence-electron chi connectivity index (χ1n) is 9.05. The van der Waals surface area contributed by atoms with E-state index >= 15 is 0 Å². The number of rotatable bonds is 6. The lowest BCUT2D eigenvalue weighted by molar-refractivity contribution is -0.121. The van der Waals surface area contributed by atoms with E-state index in [9.17, 15) is 14.0 Å². The molecule has 1 fully saturated rings. The minimum Gasteiger partial charge on any atom is -0.352 e. The molecule has 2 aromatic rings. The molecular weight excluding hydrogens is 347 g/mol. The Labute approximate surface area is 157 Å². The average Bonchev–Trinajstić information content (AvgIpc) is 2.68. The molecule has 0 spiro atoms. The van der Waals surface area contributed by atoms with Crippen molar-refractivity contribution in [2.45, 2.75) is 25.4 Å². The summed E-state index contributed by atoms with van der Waals surface area (Å²) in [5, 5.41) is 5.47. The standard InChI is InChI=1S/C20H23FN4O2/c21-16-5-3-4-15(12-16)20(27)23-13-19(26)24-17-7-10-25(11-8-17)14-18-6-1-2-9-22-18/h1-6,9,12,17H,7-8,10-11,13-14H2,(H,23,27)(H,24,26). The number of pyridine rings is 1. The molecule has 0 saturated carbocycles. The molecule has 0 unspecified atom stereocenters. The molecule has 2 amide bonds. The third kappa shape index (κ3) is 5.86. The highest BCUT2D eigenvalue weighted by molar-refractivity contribution is 5.96. The van der Waals surface area contributed by atoms with Gasteiger partial charge in [0.1, 0.15) is 5.82 Å². The fraction of sp³-hybridized carbons (Fsp3) is 0.350. The van der Waals surface area contributed by atoms with E-state index in [2.05, 4.69) is 20.5 Å². The van der Waals surface area contributed by atoms with Gasteiger partial charge in [-0.1, -0.05) is 12.1 Å². The molecule has 0 aliphatic carbocycles. The predicted octanol–water partition coefficient (Wildman–Crippen LogP) is 1.73. The van der Waals surface area contributed by atoms with Crippen LogP contribution in [0.2, 0.25) is 0 Å². The van der Waals surface area contributed by atoms with Gasteiger partial charge in [0.25, 0.3) is 5.91 Å². The van der Waals surface area contributed by atoms with Gasteiger partial charge in [0.05, 0.1) is 12.2 Å². The van der Waals surface area contributed by atoms with Gasteiger partial charge < -0.3 is 10.6 Å².